The van der Waals surface area contributed by atoms with E-state index >= 15 is 0 Å². The summed E-state index contributed by atoms with van der Waals surface area (Å²) < 4.78 is 29.4. The molecule has 3 rings (SSSR count). The van der Waals surface area contributed by atoms with E-state index in [9.17, 15) is 13.2 Å². The Morgan fingerprint density at radius 1 is 1.11 bits per heavy atom. The molecule has 0 radical (unpaired) electrons. The third kappa shape index (κ3) is 4.78. The van der Waals surface area contributed by atoms with Crippen LogP contribution in [0, 0.1) is 0 Å². The van der Waals surface area contributed by atoms with E-state index in [1.807, 2.05) is 12.1 Å². The molecule has 1 heterocycles. The fraction of sp³-hybridized carbons (Fsp3) is 0.167. The number of carbonyl (C=O) groups is 1. The van der Waals surface area contributed by atoms with E-state index in [1.165, 1.54) is 12.1 Å². The first-order valence-electron chi connectivity index (χ1n) is 8.18. The van der Waals surface area contributed by atoms with Gasteiger partial charge in [0.05, 0.1) is 17.6 Å². The van der Waals surface area contributed by atoms with Crippen molar-refractivity contribution in [3.05, 3.63) is 60.3 Å². The quantitative estimate of drug-likeness (QED) is 0.511. The normalized spacial score (nSPS) is 11.3. The second-order valence-corrected chi connectivity index (χ2v) is 7.40. The van der Waals surface area contributed by atoms with Crippen LogP contribution in [0.5, 0.6) is 5.75 Å². The highest BCUT2D eigenvalue weighted by atomic mass is 32.2. The summed E-state index contributed by atoms with van der Waals surface area (Å²) in [5.41, 5.74) is 2.31. The molecule has 9 heteroatoms. The minimum Gasteiger partial charge on any atom is -0.427 e. The maximum atomic E-state index is 11.3. The van der Waals surface area contributed by atoms with Crippen molar-refractivity contribution in [2.75, 3.05) is 0 Å². The van der Waals surface area contributed by atoms with E-state index in [-0.39, 0.29) is 10.9 Å². The van der Waals surface area contributed by atoms with Crippen molar-refractivity contribution in [1.29, 1.82) is 0 Å². The number of carbonyl (C=O) groups excluding carboxylic acids is 1. The number of primary sulfonamides is 1. The number of esters is 1. The lowest BCUT2D eigenvalue weighted by Crippen LogP contribution is -2.11. The number of ether oxygens (including phenoxy) is 1. The highest BCUT2D eigenvalue weighted by Crippen LogP contribution is 2.19. The molecule has 2 N–H and O–H groups in total. The van der Waals surface area contributed by atoms with Crippen molar-refractivity contribution >= 4 is 16.0 Å². The number of rotatable bonds is 6. The van der Waals surface area contributed by atoms with Crippen molar-refractivity contribution in [3.8, 4) is 17.0 Å². The lowest BCUT2D eigenvalue weighted by atomic mass is 10.2. The molecule has 0 bridgehead atoms. The van der Waals surface area contributed by atoms with Crippen LogP contribution in [0.4, 0.5) is 0 Å². The molecular formula is C18H18N4O4S. The molecule has 1 aromatic heterocycles. The average Bonchev–Trinajstić information content (AvgIpc) is 3.11. The summed E-state index contributed by atoms with van der Waals surface area (Å²) in [5.74, 6) is 0.219. The predicted octanol–water partition coefficient (Wildman–Crippen LogP) is 1.96. The van der Waals surface area contributed by atoms with Gasteiger partial charge in [-0.3, -0.25) is 4.79 Å². The second-order valence-electron chi connectivity index (χ2n) is 5.84. The fourth-order valence-electron chi connectivity index (χ4n) is 2.38. The van der Waals surface area contributed by atoms with Gasteiger partial charge in [0.2, 0.25) is 10.0 Å². The summed E-state index contributed by atoms with van der Waals surface area (Å²) in [4.78, 5) is 11.3. The van der Waals surface area contributed by atoms with E-state index in [0.717, 1.165) is 11.1 Å². The summed E-state index contributed by atoms with van der Waals surface area (Å²) in [6.45, 7) is 2.23. The molecule has 3 aromatic rings. The average molecular weight is 386 g/mol. The van der Waals surface area contributed by atoms with Crippen LogP contribution in [0.15, 0.2) is 59.6 Å². The Hall–Kier alpha value is -3.04. The lowest BCUT2D eigenvalue weighted by Gasteiger charge is -2.04. The number of nitrogens with two attached hydrogens (primary N) is 1. The summed E-state index contributed by atoms with van der Waals surface area (Å²) >= 11 is 0. The number of nitrogens with zero attached hydrogens (tertiary/aromatic N) is 3. The number of benzene rings is 2. The SMILES string of the molecule is CCC(=O)Oc1ccc(Cn2cc(-c3ccc(S(N)(=O)=O)cc3)nn2)cc1. The maximum Gasteiger partial charge on any atom is 0.310 e. The Kier molecular flexibility index (Phi) is 5.33. The van der Waals surface area contributed by atoms with Crippen LogP contribution >= 0.6 is 0 Å². The zero-order chi connectivity index (χ0) is 19.4. The van der Waals surface area contributed by atoms with Crippen molar-refractivity contribution in [1.82, 2.24) is 15.0 Å². The predicted molar refractivity (Wildman–Crippen MR) is 98.3 cm³/mol. The Bertz CT molecular complexity index is 1040. The van der Waals surface area contributed by atoms with Gasteiger partial charge in [-0.1, -0.05) is 36.4 Å². The Morgan fingerprint density at radius 2 is 1.78 bits per heavy atom. The highest BCUT2D eigenvalue weighted by molar-refractivity contribution is 7.89. The van der Waals surface area contributed by atoms with Gasteiger partial charge in [-0.25, -0.2) is 18.2 Å². The third-order valence-electron chi connectivity index (χ3n) is 3.81. The molecule has 0 amide bonds. The fourth-order valence-corrected chi connectivity index (χ4v) is 2.89. The molecule has 0 aliphatic rings. The summed E-state index contributed by atoms with van der Waals surface area (Å²) in [6.07, 6.45) is 2.08. The van der Waals surface area contributed by atoms with Gasteiger partial charge in [0.25, 0.3) is 0 Å². The molecule has 27 heavy (non-hydrogen) atoms. The van der Waals surface area contributed by atoms with Gasteiger partial charge in [-0.05, 0) is 29.8 Å². The maximum absolute atomic E-state index is 11.3. The molecule has 0 aliphatic heterocycles. The van der Waals surface area contributed by atoms with Crippen LogP contribution < -0.4 is 9.88 Å². The smallest absolute Gasteiger partial charge is 0.310 e. The van der Waals surface area contributed by atoms with Gasteiger partial charge in [0.1, 0.15) is 11.4 Å². The number of sulfonamides is 1. The third-order valence-corrected chi connectivity index (χ3v) is 4.73. The molecule has 0 fully saturated rings. The topological polar surface area (TPSA) is 117 Å². The van der Waals surface area contributed by atoms with Gasteiger partial charge >= 0.3 is 5.97 Å². The molecule has 0 atom stereocenters. The molecule has 140 valence electrons. The minimum absolute atomic E-state index is 0.0440. The zero-order valence-electron chi connectivity index (χ0n) is 14.6. The Labute approximate surface area is 156 Å². The van der Waals surface area contributed by atoms with Crippen molar-refractivity contribution in [3.63, 3.8) is 0 Å². The monoisotopic (exact) mass is 386 g/mol. The number of hydrogen-bond acceptors (Lipinski definition) is 6. The van der Waals surface area contributed by atoms with Crippen molar-refractivity contribution in [2.24, 2.45) is 5.14 Å². The summed E-state index contributed by atoms with van der Waals surface area (Å²) in [6, 6.07) is 13.3. The summed E-state index contributed by atoms with van der Waals surface area (Å²) in [5, 5.41) is 13.3. The lowest BCUT2D eigenvalue weighted by molar-refractivity contribution is -0.134. The van der Waals surface area contributed by atoms with E-state index in [2.05, 4.69) is 10.3 Å². The van der Waals surface area contributed by atoms with E-state index in [4.69, 9.17) is 9.88 Å². The first kappa shape index (κ1) is 18.7. The summed E-state index contributed by atoms with van der Waals surface area (Å²) in [7, 11) is -3.72. The van der Waals surface area contributed by atoms with Crippen LogP contribution in [0.1, 0.15) is 18.9 Å². The molecular weight excluding hydrogens is 368 g/mol. The second kappa shape index (κ2) is 7.68. The van der Waals surface area contributed by atoms with Crippen LogP contribution in [0.25, 0.3) is 11.3 Å². The first-order valence-corrected chi connectivity index (χ1v) is 9.73. The van der Waals surface area contributed by atoms with Crippen LogP contribution in [-0.4, -0.2) is 29.4 Å². The van der Waals surface area contributed by atoms with Gasteiger partial charge in [0, 0.05) is 12.0 Å². The first-order chi connectivity index (χ1) is 12.8. The molecule has 8 nitrogen and oxygen atoms in total. The molecule has 0 aliphatic carbocycles. The Morgan fingerprint density at radius 3 is 2.37 bits per heavy atom. The standard InChI is InChI=1S/C18H18N4O4S/c1-2-18(23)26-15-7-3-13(4-8-15)11-22-12-17(20-21-22)14-5-9-16(10-6-14)27(19,24)25/h3-10,12H,2,11H2,1H3,(H2,19,24,25). The minimum atomic E-state index is -3.72. The van der Waals surface area contributed by atoms with E-state index in [1.54, 1.807) is 42.1 Å². The molecule has 0 spiro atoms. The van der Waals surface area contributed by atoms with E-state index in [0.29, 0.717) is 24.4 Å². The number of hydrogen-bond donors (Lipinski definition) is 1. The van der Waals surface area contributed by atoms with Crippen LogP contribution in [0.2, 0.25) is 0 Å². The Balaban J connectivity index is 1.70. The largest absolute Gasteiger partial charge is 0.427 e. The van der Waals surface area contributed by atoms with Crippen molar-refractivity contribution in [2.45, 2.75) is 24.8 Å². The van der Waals surface area contributed by atoms with Crippen molar-refractivity contribution < 1.29 is 17.9 Å². The van der Waals surface area contributed by atoms with Gasteiger partial charge in [0.15, 0.2) is 0 Å². The highest BCUT2D eigenvalue weighted by Gasteiger charge is 2.09. The van der Waals surface area contributed by atoms with Gasteiger partial charge < -0.3 is 4.74 Å². The van der Waals surface area contributed by atoms with Crippen LogP contribution in [-0.2, 0) is 21.4 Å². The molecule has 0 saturated carbocycles. The molecule has 0 saturated heterocycles. The van der Waals surface area contributed by atoms with Gasteiger partial charge in [-0.2, -0.15) is 0 Å². The zero-order valence-corrected chi connectivity index (χ0v) is 15.4. The molecule has 2 aromatic carbocycles. The van der Waals surface area contributed by atoms with Gasteiger partial charge in [-0.15, -0.1) is 5.10 Å². The van der Waals surface area contributed by atoms with Crippen LogP contribution in [0.3, 0.4) is 0 Å². The molecule has 0 unspecified atom stereocenters. The number of aromatic nitrogens is 3. The van der Waals surface area contributed by atoms with E-state index < -0.39 is 10.0 Å².